The van der Waals surface area contributed by atoms with Gasteiger partial charge in [0.05, 0.1) is 12.2 Å². The van der Waals surface area contributed by atoms with Gasteiger partial charge in [-0.15, -0.1) is 0 Å². The minimum atomic E-state index is 0.118. The van der Waals surface area contributed by atoms with Crippen LogP contribution in [0.5, 0.6) is 0 Å². The van der Waals surface area contributed by atoms with Crippen LogP contribution in [0, 0.1) is 0 Å². The molecule has 1 aromatic carbocycles. The summed E-state index contributed by atoms with van der Waals surface area (Å²) in [7, 11) is 0. The molecular weight excluding hydrogens is 234 g/mol. The monoisotopic (exact) mass is 253 g/mol. The molecule has 1 fully saturated rings. The standard InChI is InChI=1S/C17H19NO/c1-2-6-15(7-3-1)14-19-17(11-12-17)10-9-16-8-4-5-13-18-16/h1-8,13H,9-12,14H2. The fourth-order valence-corrected chi connectivity index (χ4v) is 2.32. The zero-order valence-corrected chi connectivity index (χ0v) is 11.1. The van der Waals surface area contributed by atoms with E-state index >= 15 is 0 Å². The molecule has 0 N–H and O–H groups in total. The van der Waals surface area contributed by atoms with Crippen LogP contribution in [0.4, 0.5) is 0 Å². The molecule has 0 aliphatic heterocycles. The number of ether oxygens (including phenoxy) is 1. The van der Waals surface area contributed by atoms with Crippen LogP contribution in [0.2, 0.25) is 0 Å². The largest absolute Gasteiger partial charge is 0.370 e. The lowest BCUT2D eigenvalue weighted by atomic mass is 10.1. The van der Waals surface area contributed by atoms with E-state index in [0.717, 1.165) is 25.1 Å². The lowest BCUT2D eigenvalue weighted by molar-refractivity contribution is 0.0143. The molecule has 19 heavy (non-hydrogen) atoms. The first-order chi connectivity index (χ1) is 9.36. The van der Waals surface area contributed by atoms with Crippen LogP contribution in [0.15, 0.2) is 54.7 Å². The van der Waals surface area contributed by atoms with Crippen molar-refractivity contribution in [2.24, 2.45) is 0 Å². The van der Waals surface area contributed by atoms with E-state index in [0.29, 0.717) is 0 Å². The summed E-state index contributed by atoms with van der Waals surface area (Å²) in [5.41, 5.74) is 2.54. The van der Waals surface area contributed by atoms with Gasteiger partial charge in [-0.25, -0.2) is 0 Å². The second-order valence-electron chi connectivity index (χ2n) is 5.28. The van der Waals surface area contributed by atoms with Crippen LogP contribution in [-0.4, -0.2) is 10.6 Å². The Morgan fingerprint density at radius 1 is 1.00 bits per heavy atom. The molecule has 0 spiro atoms. The van der Waals surface area contributed by atoms with Crippen molar-refractivity contribution in [2.45, 2.75) is 37.9 Å². The van der Waals surface area contributed by atoms with Gasteiger partial charge < -0.3 is 4.74 Å². The predicted octanol–water partition coefficient (Wildman–Crippen LogP) is 3.76. The summed E-state index contributed by atoms with van der Waals surface area (Å²) in [5.74, 6) is 0. The Hall–Kier alpha value is -1.67. The van der Waals surface area contributed by atoms with Crippen LogP contribution in [0.3, 0.4) is 0 Å². The first-order valence-corrected chi connectivity index (χ1v) is 6.94. The average Bonchev–Trinajstić information content (AvgIpc) is 3.26. The van der Waals surface area contributed by atoms with E-state index in [4.69, 9.17) is 4.74 Å². The number of aromatic nitrogens is 1. The van der Waals surface area contributed by atoms with E-state index in [2.05, 4.69) is 35.3 Å². The Labute approximate surface area is 114 Å². The Kier molecular flexibility index (Phi) is 3.60. The zero-order chi connectivity index (χ0) is 13.0. The summed E-state index contributed by atoms with van der Waals surface area (Å²) >= 11 is 0. The van der Waals surface area contributed by atoms with E-state index in [1.165, 1.54) is 18.4 Å². The number of hydrogen-bond acceptors (Lipinski definition) is 2. The second kappa shape index (κ2) is 5.54. The first kappa shape index (κ1) is 12.4. The Bertz CT molecular complexity index is 460. The van der Waals surface area contributed by atoms with E-state index < -0.39 is 0 Å². The number of hydrogen-bond donors (Lipinski definition) is 0. The topological polar surface area (TPSA) is 22.1 Å². The highest BCUT2D eigenvalue weighted by Crippen LogP contribution is 2.44. The molecule has 98 valence electrons. The summed E-state index contributed by atoms with van der Waals surface area (Å²) < 4.78 is 6.12. The normalized spacial score (nSPS) is 16.2. The lowest BCUT2D eigenvalue weighted by Gasteiger charge is -2.16. The summed E-state index contributed by atoms with van der Waals surface area (Å²) in [6.07, 6.45) is 6.32. The van der Waals surface area contributed by atoms with Crippen molar-refractivity contribution in [3.05, 3.63) is 66.0 Å². The molecule has 2 aromatic rings. The molecule has 2 heteroatoms. The smallest absolute Gasteiger partial charge is 0.0724 e. The fraction of sp³-hybridized carbons (Fsp3) is 0.353. The first-order valence-electron chi connectivity index (χ1n) is 6.94. The number of rotatable bonds is 6. The van der Waals surface area contributed by atoms with Gasteiger partial charge in [-0.1, -0.05) is 36.4 Å². The Morgan fingerprint density at radius 2 is 1.79 bits per heavy atom. The fourth-order valence-electron chi connectivity index (χ4n) is 2.32. The van der Waals surface area contributed by atoms with Gasteiger partial charge in [-0.2, -0.15) is 0 Å². The van der Waals surface area contributed by atoms with Gasteiger partial charge in [0.1, 0.15) is 0 Å². The number of pyridine rings is 1. The minimum absolute atomic E-state index is 0.118. The molecule has 1 aliphatic carbocycles. The summed E-state index contributed by atoms with van der Waals surface area (Å²) in [6.45, 7) is 0.725. The minimum Gasteiger partial charge on any atom is -0.370 e. The molecule has 0 saturated heterocycles. The van der Waals surface area contributed by atoms with Gasteiger partial charge >= 0.3 is 0 Å². The van der Waals surface area contributed by atoms with Gasteiger partial charge in [-0.3, -0.25) is 4.98 Å². The number of nitrogens with zero attached hydrogens (tertiary/aromatic N) is 1. The molecule has 1 saturated carbocycles. The third kappa shape index (κ3) is 3.42. The van der Waals surface area contributed by atoms with Crippen molar-refractivity contribution in [2.75, 3.05) is 0 Å². The van der Waals surface area contributed by atoms with Gasteiger partial charge in [0.15, 0.2) is 0 Å². The molecule has 0 bridgehead atoms. The second-order valence-corrected chi connectivity index (χ2v) is 5.28. The van der Waals surface area contributed by atoms with Crippen molar-refractivity contribution in [3.8, 4) is 0 Å². The lowest BCUT2D eigenvalue weighted by Crippen LogP contribution is -2.15. The van der Waals surface area contributed by atoms with E-state index in [1.807, 2.05) is 24.4 Å². The van der Waals surface area contributed by atoms with Crippen LogP contribution >= 0.6 is 0 Å². The summed E-state index contributed by atoms with van der Waals surface area (Å²) in [5, 5.41) is 0. The summed E-state index contributed by atoms with van der Waals surface area (Å²) in [4.78, 5) is 4.37. The van der Waals surface area contributed by atoms with Gasteiger partial charge in [0.25, 0.3) is 0 Å². The van der Waals surface area contributed by atoms with E-state index in [-0.39, 0.29) is 5.60 Å². The highest BCUT2D eigenvalue weighted by molar-refractivity contribution is 5.14. The van der Waals surface area contributed by atoms with Crippen molar-refractivity contribution < 1.29 is 4.74 Å². The molecule has 0 atom stereocenters. The molecule has 0 amide bonds. The molecule has 2 nitrogen and oxygen atoms in total. The van der Waals surface area contributed by atoms with Crippen molar-refractivity contribution in [3.63, 3.8) is 0 Å². The van der Waals surface area contributed by atoms with Crippen LogP contribution in [-0.2, 0) is 17.8 Å². The van der Waals surface area contributed by atoms with E-state index in [1.54, 1.807) is 0 Å². The quantitative estimate of drug-likeness (QED) is 0.782. The number of benzene rings is 1. The molecular formula is C17H19NO. The van der Waals surface area contributed by atoms with E-state index in [9.17, 15) is 0 Å². The predicted molar refractivity (Wildman–Crippen MR) is 75.8 cm³/mol. The highest BCUT2D eigenvalue weighted by atomic mass is 16.5. The maximum absolute atomic E-state index is 6.12. The Morgan fingerprint density at radius 3 is 2.47 bits per heavy atom. The molecule has 0 radical (unpaired) electrons. The third-order valence-electron chi connectivity index (χ3n) is 3.76. The highest BCUT2D eigenvalue weighted by Gasteiger charge is 2.43. The third-order valence-corrected chi connectivity index (χ3v) is 3.76. The zero-order valence-electron chi connectivity index (χ0n) is 11.1. The molecule has 3 rings (SSSR count). The van der Waals surface area contributed by atoms with Crippen molar-refractivity contribution in [1.29, 1.82) is 0 Å². The van der Waals surface area contributed by atoms with Crippen LogP contribution in [0.25, 0.3) is 0 Å². The van der Waals surface area contributed by atoms with Crippen molar-refractivity contribution >= 4 is 0 Å². The van der Waals surface area contributed by atoms with Crippen LogP contribution in [0.1, 0.15) is 30.5 Å². The maximum atomic E-state index is 6.12. The van der Waals surface area contributed by atoms with Gasteiger partial charge in [0, 0.05) is 11.9 Å². The van der Waals surface area contributed by atoms with Crippen molar-refractivity contribution in [1.82, 2.24) is 4.98 Å². The maximum Gasteiger partial charge on any atom is 0.0724 e. The summed E-state index contributed by atoms with van der Waals surface area (Å²) in [6, 6.07) is 16.5. The SMILES string of the molecule is c1ccc(COC2(CCc3ccccn3)CC2)cc1. The number of aryl methyl sites for hydroxylation is 1. The molecule has 0 unspecified atom stereocenters. The molecule has 1 aromatic heterocycles. The van der Waals surface area contributed by atoms with Crippen LogP contribution < -0.4 is 0 Å². The van der Waals surface area contributed by atoms with Gasteiger partial charge in [-0.05, 0) is 43.4 Å². The Balaban J connectivity index is 1.50. The molecule has 1 aliphatic rings. The van der Waals surface area contributed by atoms with Gasteiger partial charge in [0.2, 0.25) is 0 Å². The average molecular weight is 253 g/mol. The molecule has 1 heterocycles.